The molecule has 0 radical (unpaired) electrons. The molecule has 0 aliphatic heterocycles. The zero-order valence-corrected chi connectivity index (χ0v) is 12.3. The number of hydrogen-bond donors (Lipinski definition) is 0. The highest BCUT2D eigenvalue weighted by Gasteiger charge is 2.20. The van der Waals surface area contributed by atoms with Crippen LogP contribution in [0.5, 0.6) is 11.5 Å². The van der Waals surface area contributed by atoms with Gasteiger partial charge in [-0.15, -0.1) is 0 Å². The van der Waals surface area contributed by atoms with Gasteiger partial charge in [0.05, 0.1) is 14.2 Å². The van der Waals surface area contributed by atoms with E-state index in [2.05, 4.69) is 6.92 Å². The van der Waals surface area contributed by atoms with Gasteiger partial charge >= 0.3 is 0 Å². The number of aryl methyl sites for hydroxylation is 1. The quantitative estimate of drug-likeness (QED) is 0.691. The number of ether oxygens (including phenoxy) is 2. The van der Waals surface area contributed by atoms with Crippen LogP contribution in [0.1, 0.15) is 18.9 Å². The molecule has 0 aliphatic rings. The fourth-order valence-electron chi connectivity index (χ4n) is 2.91. The van der Waals surface area contributed by atoms with Crippen molar-refractivity contribution in [2.45, 2.75) is 19.8 Å². The second-order valence-electron chi connectivity index (χ2n) is 5.12. The summed E-state index contributed by atoms with van der Waals surface area (Å²) >= 11 is 0. The Hall–Kier alpha value is -2.36. The van der Waals surface area contributed by atoms with Crippen LogP contribution in [0.15, 0.2) is 27.8 Å². The van der Waals surface area contributed by atoms with Crippen molar-refractivity contribution in [3.8, 4) is 11.5 Å². The second-order valence-corrected chi connectivity index (χ2v) is 5.12. The van der Waals surface area contributed by atoms with Gasteiger partial charge in [0, 0.05) is 10.8 Å². The summed E-state index contributed by atoms with van der Waals surface area (Å²) in [4.78, 5) is 23.8. The van der Waals surface area contributed by atoms with Gasteiger partial charge in [-0.3, -0.25) is 9.59 Å². The van der Waals surface area contributed by atoms with Gasteiger partial charge in [0.15, 0.2) is 11.5 Å². The number of rotatable bonds is 4. The monoisotopic (exact) mass is 284 g/mol. The molecular formula is C17H16O4. The van der Waals surface area contributed by atoms with E-state index in [0.717, 1.165) is 29.2 Å². The van der Waals surface area contributed by atoms with Gasteiger partial charge in [-0.25, -0.2) is 0 Å². The van der Waals surface area contributed by atoms with E-state index in [1.54, 1.807) is 20.3 Å². The van der Waals surface area contributed by atoms with E-state index >= 15 is 0 Å². The molecule has 0 aliphatic carbocycles. The largest absolute Gasteiger partial charge is 0.493 e. The standard InChI is InChI=1S/C17H16O4/c1-4-5-9-6-10-7-12(20-2)13(21-3)8-11(10)15-14(9)16(18)17(15)19/h6-8H,4-5H2,1-3H3. The van der Waals surface area contributed by atoms with Crippen molar-refractivity contribution < 1.29 is 9.47 Å². The Labute approximate surface area is 121 Å². The summed E-state index contributed by atoms with van der Waals surface area (Å²) in [6, 6.07) is 5.60. The topological polar surface area (TPSA) is 52.6 Å². The molecule has 4 heteroatoms. The van der Waals surface area contributed by atoms with E-state index in [1.165, 1.54) is 0 Å². The van der Waals surface area contributed by atoms with E-state index < -0.39 is 5.43 Å². The summed E-state index contributed by atoms with van der Waals surface area (Å²) in [5.41, 5.74) is 0.169. The molecule has 0 unspecified atom stereocenters. The highest BCUT2D eigenvalue weighted by atomic mass is 16.5. The van der Waals surface area contributed by atoms with E-state index in [1.807, 2.05) is 12.1 Å². The van der Waals surface area contributed by atoms with Gasteiger partial charge in [-0.05, 0) is 34.9 Å². The van der Waals surface area contributed by atoms with E-state index in [-0.39, 0.29) is 5.43 Å². The molecule has 0 N–H and O–H groups in total. The SMILES string of the molecule is CCCc1cc2cc(OC)c(OC)cc2c2c(=O)c(=O)c12. The molecule has 0 fully saturated rings. The van der Waals surface area contributed by atoms with Gasteiger partial charge < -0.3 is 9.47 Å². The third-order valence-corrected chi connectivity index (χ3v) is 3.91. The molecule has 3 aromatic rings. The van der Waals surface area contributed by atoms with Crippen LogP contribution in [0.4, 0.5) is 0 Å². The first kappa shape index (κ1) is 13.6. The van der Waals surface area contributed by atoms with Crippen molar-refractivity contribution in [3.05, 3.63) is 44.2 Å². The van der Waals surface area contributed by atoms with Gasteiger partial charge in [0.25, 0.3) is 0 Å². The third kappa shape index (κ3) is 1.82. The molecule has 4 nitrogen and oxygen atoms in total. The maximum atomic E-state index is 12.0. The second kappa shape index (κ2) is 4.88. The summed E-state index contributed by atoms with van der Waals surface area (Å²) in [5.74, 6) is 1.17. The molecule has 0 bridgehead atoms. The van der Waals surface area contributed by atoms with Crippen molar-refractivity contribution in [1.82, 2.24) is 0 Å². The van der Waals surface area contributed by atoms with Crippen molar-refractivity contribution in [2.75, 3.05) is 14.2 Å². The van der Waals surface area contributed by atoms with Crippen LogP contribution >= 0.6 is 0 Å². The van der Waals surface area contributed by atoms with Crippen molar-refractivity contribution in [2.24, 2.45) is 0 Å². The molecule has 0 spiro atoms. The maximum Gasteiger partial charge on any atom is 0.234 e. The Bertz CT molecular complexity index is 914. The molecule has 3 rings (SSSR count). The lowest BCUT2D eigenvalue weighted by Crippen LogP contribution is -2.31. The first-order valence-electron chi connectivity index (χ1n) is 6.93. The van der Waals surface area contributed by atoms with Crippen molar-refractivity contribution in [3.63, 3.8) is 0 Å². The lowest BCUT2D eigenvalue weighted by Gasteiger charge is -2.14. The van der Waals surface area contributed by atoms with E-state index in [9.17, 15) is 9.59 Å². The predicted octanol–water partition coefficient (Wildman–Crippen LogP) is 2.56. The van der Waals surface area contributed by atoms with Gasteiger partial charge in [-0.2, -0.15) is 0 Å². The van der Waals surface area contributed by atoms with Crippen molar-refractivity contribution in [1.29, 1.82) is 0 Å². The first-order valence-corrected chi connectivity index (χ1v) is 6.93. The van der Waals surface area contributed by atoms with E-state index in [4.69, 9.17) is 9.47 Å². The summed E-state index contributed by atoms with van der Waals surface area (Å²) in [6.45, 7) is 2.05. The van der Waals surface area contributed by atoms with Crippen LogP contribution < -0.4 is 20.3 Å². The smallest absolute Gasteiger partial charge is 0.234 e. The molecule has 0 heterocycles. The fourth-order valence-corrected chi connectivity index (χ4v) is 2.91. The van der Waals surface area contributed by atoms with Gasteiger partial charge in [0.2, 0.25) is 10.9 Å². The average Bonchev–Trinajstić information content (AvgIpc) is 2.51. The minimum atomic E-state index is -0.403. The summed E-state index contributed by atoms with van der Waals surface area (Å²) in [6.07, 6.45) is 1.71. The normalized spacial score (nSPS) is 11.4. The Morgan fingerprint density at radius 1 is 0.905 bits per heavy atom. The lowest BCUT2D eigenvalue weighted by atomic mass is 9.91. The van der Waals surface area contributed by atoms with Crippen LogP contribution in [0.3, 0.4) is 0 Å². The molecule has 21 heavy (non-hydrogen) atoms. The number of hydrogen-bond acceptors (Lipinski definition) is 4. The van der Waals surface area contributed by atoms with Crippen LogP contribution in [-0.4, -0.2) is 14.2 Å². The average molecular weight is 284 g/mol. The summed E-state index contributed by atoms with van der Waals surface area (Å²) < 4.78 is 10.6. The molecule has 0 saturated carbocycles. The molecule has 3 aromatic carbocycles. The summed E-state index contributed by atoms with van der Waals surface area (Å²) in [7, 11) is 3.13. The molecular weight excluding hydrogens is 268 g/mol. The molecule has 0 saturated heterocycles. The minimum absolute atomic E-state index is 0.370. The summed E-state index contributed by atoms with van der Waals surface area (Å²) in [5, 5.41) is 2.77. The number of fused-ring (bicyclic) bond motifs is 3. The number of benzene rings is 2. The van der Waals surface area contributed by atoms with Crippen LogP contribution in [0.25, 0.3) is 21.5 Å². The fraction of sp³-hybridized carbons (Fsp3) is 0.294. The Morgan fingerprint density at radius 2 is 1.52 bits per heavy atom. The van der Waals surface area contributed by atoms with E-state index in [0.29, 0.717) is 22.3 Å². The molecule has 108 valence electrons. The first-order chi connectivity index (χ1) is 10.1. The van der Waals surface area contributed by atoms with Crippen molar-refractivity contribution >= 4 is 21.5 Å². The molecule has 0 aromatic heterocycles. The van der Waals surface area contributed by atoms with Crippen LogP contribution in [0.2, 0.25) is 0 Å². The third-order valence-electron chi connectivity index (χ3n) is 3.91. The zero-order valence-electron chi connectivity index (χ0n) is 12.3. The van der Waals surface area contributed by atoms with Crippen LogP contribution in [-0.2, 0) is 6.42 Å². The Morgan fingerprint density at radius 3 is 2.14 bits per heavy atom. The molecule has 0 atom stereocenters. The van der Waals surface area contributed by atoms with Crippen LogP contribution in [0, 0.1) is 0 Å². The van der Waals surface area contributed by atoms with Gasteiger partial charge in [-0.1, -0.05) is 19.4 Å². The maximum absolute atomic E-state index is 12.0. The highest BCUT2D eigenvalue weighted by molar-refractivity contribution is 6.12. The van der Waals surface area contributed by atoms with Gasteiger partial charge in [0.1, 0.15) is 0 Å². The molecule has 0 amide bonds. The number of methoxy groups -OCH3 is 2. The zero-order chi connectivity index (χ0) is 15.1. The predicted molar refractivity (Wildman–Crippen MR) is 83.5 cm³/mol. The highest BCUT2D eigenvalue weighted by Crippen LogP contribution is 2.36. The minimum Gasteiger partial charge on any atom is -0.493 e. The Kier molecular flexibility index (Phi) is 3.16. The Balaban J connectivity index is 2.44. The lowest BCUT2D eigenvalue weighted by molar-refractivity contribution is 0.356.